The Labute approximate surface area is 90.1 Å². The van der Waals surface area contributed by atoms with E-state index in [4.69, 9.17) is 0 Å². The maximum Gasteiger partial charge on any atom is 0.253 e. The fourth-order valence-electron chi connectivity index (χ4n) is 1.28. The third-order valence-electron chi connectivity index (χ3n) is 2.29. The van der Waals surface area contributed by atoms with Crippen LogP contribution in [0.15, 0.2) is 24.3 Å². The summed E-state index contributed by atoms with van der Waals surface area (Å²) in [6, 6.07) is 7.64. The number of anilines is 1. The molecule has 3 nitrogen and oxygen atoms in total. The summed E-state index contributed by atoms with van der Waals surface area (Å²) in [6.07, 6.45) is 0.439. The van der Waals surface area contributed by atoms with Crippen molar-refractivity contribution in [3.8, 4) is 0 Å². The number of hydrogen-bond acceptors (Lipinski definition) is 2. The minimum absolute atomic E-state index is 0.342. The lowest BCUT2D eigenvalue weighted by molar-refractivity contribution is -0.124. The molecule has 0 aliphatic carbocycles. The quantitative estimate of drug-likeness (QED) is 0.793. The molecule has 0 spiro atoms. The topological polar surface area (TPSA) is 49.3 Å². The second kappa shape index (κ2) is 5.51. The van der Waals surface area contributed by atoms with Crippen LogP contribution in [0.4, 0.5) is 5.69 Å². The molecule has 0 saturated heterocycles. The fourth-order valence-corrected chi connectivity index (χ4v) is 1.28. The number of benzene rings is 1. The van der Waals surface area contributed by atoms with Gasteiger partial charge in [0.25, 0.3) is 5.91 Å². The molecule has 1 amide bonds. The van der Waals surface area contributed by atoms with Gasteiger partial charge < -0.3 is 10.4 Å². The van der Waals surface area contributed by atoms with Gasteiger partial charge in [-0.05, 0) is 30.5 Å². The van der Waals surface area contributed by atoms with Crippen LogP contribution >= 0.6 is 0 Å². The maximum absolute atomic E-state index is 11.4. The highest BCUT2D eigenvalue weighted by Crippen LogP contribution is 2.11. The SMILES string of the molecule is CCc1cccc(NC(=O)C(O)CC)c1. The Balaban J connectivity index is 2.68. The van der Waals surface area contributed by atoms with Gasteiger partial charge in [-0.3, -0.25) is 4.79 Å². The van der Waals surface area contributed by atoms with Crippen LogP contribution in [0.3, 0.4) is 0 Å². The van der Waals surface area contributed by atoms with Crippen LogP contribution in [0.25, 0.3) is 0 Å². The molecule has 1 rings (SSSR count). The van der Waals surface area contributed by atoms with E-state index in [9.17, 15) is 9.90 Å². The third-order valence-corrected chi connectivity index (χ3v) is 2.29. The molecule has 82 valence electrons. The van der Waals surface area contributed by atoms with Crippen LogP contribution in [-0.2, 0) is 11.2 Å². The van der Waals surface area contributed by atoms with E-state index in [0.29, 0.717) is 6.42 Å². The summed E-state index contributed by atoms with van der Waals surface area (Å²) in [4.78, 5) is 11.4. The third kappa shape index (κ3) is 3.36. The molecule has 0 saturated carbocycles. The van der Waals surface area contributed by atoms with Gasteiger partial charge in [0.1, 0.15) is 6.10 Å². The van der Waals surface area contributed by atoms with Crippen molar-refractivity contribution in [2.45, 2.75) is 32.8 Å². The van der Waals surface area contributed by atoms with Gasteiger partial charge in [0.15, 0.2) is 0 Å². The number of nitrogens with one attached hydrogen (secondary N) is 1. The minimum Gasteiger partial charge on any atom is -0.383 e. The number of aliphatic hydroxyl groups excluding tert-OH is 1. The zero-order valence-electron chi connectivity index (χ0n) is 9.16. The van der Waals surface area contributed by atoms with Gasteiger partial charge in [-0.2, -0.15) is 0 Å². The molecule has 15 heavy (non-hydrogen) atoms. The molecule has 3 heteroatoms. The molecule has 0 aliphatic rings. The monoisotopic (exact) mass is 207 g/mol. The molecule has 0 heterocycles. The van der Waals surface area contributed by atoms with E-state index in [2.05, 4.69) is 12.2 Å². The molecule has 0 bridgehead atoms. The first-order valence-electron chi connectivity index (χ1n) is 5.25. The van der Waals surface area contributed by atoms with Gasteiger partial charge in [-0.25, -0.2) is 0 Å². The van der Waals surface area contributed by atoms with E-state index in [1.807, 2.05) is 24.3 Å². The summed E-state index contributed by atoms with van der Waals surface area (Å²) < 4.78 is 0. The lowest BCUT2D eigenvalue weighted by Crippen LogP contribution is -2.26. The van der Waals surface area contributed by atoms with Crippen molar-refractivity contribution in [3.05, 3.63) is 29.8 Å². The number of rotatable bonds is 4. The molecule has 1 unspecified atom stereocenters. The second-order valence-corrected chi connectivity index (χ2v) is 3.47. The van der Waals surface area contributed by atoms with Gasteiger partial charge in [0.05, 0.1) is 0 Å². The molecule has 1 aromatic carbocycles. The van der Waals surface area contributed by atoms with E-state index in [1.165, 1.54) is 5.56 Å². The van der Waals surface area contributed by atoms with Crippen LogP contribution in [0.1, 0.15) is 25.8 Å². The van der Waals surface area contributed by atoms with Crippen molar-refractivity contribution >= 4 is 11.6 Å². The summed E-state index contributed by atoms with van der Waals surface area (Å²) in [7, 11) is 0. The van der Waals surface area contributed by atoms with E-state index in [1.54, 1.807) is 6.92 Å². The molecular weight excluding hydrogens is 190 g/mol. The summed E-state index contributed by atoms with van der Waals surface area (Å²) in [5.74, 6) is -0.342. The van der Waals surface area contributed by atoms with Crippen LogP contribution in [0.2, 0.25) is 0 Å². The second-order valence-electron chi connectivity index (χ2n) is 3.47. The Morgan fingerprint density at radius 3 is 2.80 bits per heavy atom. The fraction of sp³-hybridized carbons (Fsp3) is 0.417. The number of amides is 1. The molecule has 1 atom stereocenters. The largest absolute Gasteiger partial charge is 0.383 e. The van der Waals surface area contributed by atoms with Crippen molar-refractivity contribution in [1.29, 1.82) is 0 Å². The summed E-state index contributed by atoms with van der Waals surface area (Å²) in [5.41, 5.74) is 1.91. The van der Waals surface area contributed by atoms with E-state index < -0.39 is 6.10 Å². The highest BCUT2D eigenvalue weighted by molar-refractivity contribution is 5.93. The normalized spacial score (nSPS) is 12.2. The van der Waals surface area contributed by atoms with Crippen molar-refractivity contribution in [2.24, 2.45) is 0 Å². The first-order chi connectivity index (χ1) is 7.17. The molecular formula is C12H17NO2. The first kappa shape index (κ1) is 11.7. The van der Waals surface area contributed by atoms with Gasteiger partial charge in [-0.15, -0.1) is 0 Å². The Bertz CT molecular complexity index is 336. The standard InChI is InChI=1S/C12H17NO2/c1-3-9-6-5-7-10(8-9)13-12(15)11(14)4-2/h5-8,11,14H,3-4H2,1-2H3,(H,13,15). The van der Waals surface area contributed by atoms with Crippen molar-refractivity contribution in [3.63, 3.8) is 0 Å². The number of aliphatic hydroxyl groups is 1. The zero-order chi connectivity index (χ0) is 11.3. The predicted octanol–water partition coefficient (Wildman–Crippen LogP) is 1.96. The van der Waals surface area contributed by atoms with Gasteiger partial charge in [-0.1, -0.05) is 26.0 Å². The molecule has 0 aromatic heterocycles. The van der Waals surface area contributed by atoms with Crippen LogP contribution in [0, 0.1) is 0 Å². The highest BCUT2D eigenvalue weighted by atomic mass is 16.3. The highest BCUT2D eigenvalue weighted by Gasteiger charge is 2.11. The summed E-state index contributed by atoms with van der Waals surface area (Å²) >= 11 is 0. The lowest BCUT2D eigenvalue weighted by Gasteiger charge is -2.09. The molecule has 1 aromatic rings. The Morgan fingerprint density at radius 2 is 2.20 bits per heavy atom. The van der Waals surface area contributed by atoms with Crippen LogP contribution in [-0.4, -0.2) is 17.1 Å². The van der Waals surface area contributed by atoms with Crippen molar-refractivity contribution in [2.75, 3.05) is 5.32 Å². The summed E-state index contributed by atoms with van der Waals surface area (Å²) in [5, 5.41) is 12.0. The molecule has 0 radical (unpaired) electrons. The molecule has 0 fully saturated rings. The lowest BCUT2D eigenvalue weighted by atomic mass is 10.1. The zero-order valence-corrected chi connectivity index (χ0v) is 9.16. The summed E-state index contributed by atoms with van der Waals surface area (Å²) in [6.45, 7) is 3.83. The number of carbonyl (C=O) groups is 1. The first-order valence-corrected chi connectivity index (χ1v) is 5.25. The Kier molecular flexibility index (Phi) is 4.31. The molecule has 2 N–H and O–H groups in total. The maximum atomic E-state index is 11.4. The number of hydrogen-bond donors (Lipinski definition) is 2. The Morgan fingerprint density at radius 1 is 1.47 bits per heavy atom. The van der Waals surface area contributed by atoms with Gasteiger partial charge >= 0.3 is 0 Å². The van der Waals surface area contributed by atoms with E-state index in [0.717, 1.165) is 12.1 Å². The number of carbonyl (C=O) groups excluding carboxylic acids is 1. The predicted molar refractivity (Wildman–Crippen MR) is 60.7 cm³/mol. The average molecular weight is 207 g/mol. The van der Waals surface area contributed by atoms with Gasteiger partial charge in [0, 0.05) is 5.69 Å². The van der Waals surface area contributed by atoms with Crippen molar-refractivity contribution < 1.29 is 9.90 Å². The van der Waals surface area contributed by atoms with Crippen LogP contribution < -0.4 is 5.32 Å². The van der Waals surface area contributed by atoms with Crippen molar-refractivity contribution in [1.82, 2.24) is 0 Å². The molecule has 0 aliphatic heterocycles. The smallest absolute Gasteiger partial charge is 0.253 e. The number of aryl methyl sites for hydroxylation is 1. The minimum atomic E-state index is -0.921. The van der Waals surface area contributed by atoms with Gasteiger partial charge in [0.2, 0.25) is 0 Å². The van der Waals surface area contributed by atoms with E-state index in [-0.39, 0.29) is 5.91 Å². The average Bonchev–Trinajstić information content (AvgIpc) is 2.28. The van der Waals surface area contributed by atoms with Crippen LogP contribution in [0.5, 0.6) is 0 Å². The van der Waals surface area contributed by atoms with E-state index >= 15 is 0 Å². The Hall–Kier alpha value is -1.35.